The van der Waals surface area contributed by atoms with E-state index in [-0.39, 0.29) is 28.8 Å². The monoisotopic (exact) mass is 411 g/mol. The van der Waals surface area contributed by atoms with Crippen LogP contribution in [0.2, 0.25) is 5.02 Å². The number of halogens is 4. The molecule has 1 aliphatic rings. The first-order chi connectivity index (χ1) is 12.1. The van der Waals surface area contributed by atoms with Crippen LogP contribution < -0.4 is 5.43 Å². The Morgan fingerprint density at radius 2 is 2.19 bits per heavy atom. The Morgan fingerprint density at radius 1 is 1.50 bits per heavy atom. The highest BCUT2D eigenvalue weighted by Crippen LogP contribution is 2.33. The Kier molecular flexibility index (Phi) is 6.34. The summed E-state index contributed by atoms with van der Waals surface area (Å²) in [5.74, 6) is -2.72. The topological polar surface area (TPSA) is 88.6 Å². The number of carbonyl (C=O) groups is 3. The number of aromatic nitrogens is 1. The second-order valence-electron chi connectivity index (χ2n) is 5.26. The van der Waals surface area contributed by atoms with Crippen molar-refractivity contribution in [3.8, 4) is 0 Å². The lowest BCUT2D eigenvalue weighted by Gasteiger charge is -2.31. The molecular weight excluding hydrogens is 399 g/mol. The number of nitrogens with one attached hydrogen (secondary N) is 1. The number of hydrazine groups is 1. The zero-order valence-corrected chi connectivity index (χ0v) is 14.9. The molecule has 1 aromatic rings. The molecule has 1 atom stereocenters. The molecule has 2 amide bonds. The van der Waals surface area contributed by atoms with E-state index in [9.17, 15) is 27.6 Å². The van der Waals surface area contributed by atoms with Gasteiger partial charge in [0.15, 0.2) is 0 Å². The van der Waals surface area contributed by atoms with E-state index in [1.807, 2.05) is 0 Å². The maximum absolute atomic E-state index is 12.6. The third-order valence-electron chi connectivity index (χ3n) is 3.40. The van der Waals surface area contributed by atoms with Gasteiger partial charge in [-0.1, -0.05) is 23.4 Å². The van der Waals surface area contributed by atoms with E-state index in [2.05, 4.69) is 15.1 Å². The maximum Gasteiger partial charge on any atom is 0.417 e. The van der Waals surface area contributed by atoms with Gasteiger partial charge in [0.1, 0.15) is 5.03 Å². The van der Waals surface area contributed by atoms with Gasteiger partial charge < -0.3 is 4.74 Å². The van der Waals surface area contributed by atoms with Crippen molar-refractivity contribution in [3.05, 3.63) is 22.8 Å². The number of amides is 2. The highest BCUT2D eigenvalue weighted by atomic mass is 35.5. The Morgan fingerprint density at radius 3 is 2.77 bits per heavy atom. The van der Waals surface area contributed by atoms with Crippen LogP contribution >= 0.6 is 23.4 Å². The van der Waals surface area contributed by atoms with Gasteiger partial charge in [0, 0.05) is 12.6 Å². The van der Waals surface area contributed by atoms with E-state index >= 15 is 0 Å². The summed E-state index contributed by atoms with van der Waals surface area (Å²) in [6, 6.07) is 0.720. The molecular formula is C14H13ClF3N3O4S. The summed E-state index contributed by atoms with van der Waals surface area (Å²) in [6.45, 7) is -0.0635. The molecule has 1 saturated heterocycles. The number of alkyl halides is 3. The van der Waals surface area contributed by atoms with Crippen LogP contribution in [0.4, 0.5) is 13.2 Å². The van der Waals surface area contributed by atoms with Crippen LogP contribution in [0.15, 0.2) is 17.3 Å². The number of methoxy groups -OCH3 is 1. The number of carbonyl (C=O) groups excluding carboxylic acids is 3. The predicted molar refractivity (Wildman–Crippen MR) is 85.0 cm³/mol. The normalized spacial score (nSPS) is 17.7. The summed E-state index contributed by atoms with van der Waals surface area (Å²) in [6.07, 6.45) is -4.05. The second-order valence-corrected chi connectivity index (χ2v) is 6.63. The fourth-order valence-corrected chi connectivity index (χ4v) is 3.20. The van der Waals surface area contributed by atoms with Gasteiger partial charge in [-0.25, -0.2) is 4.98 Å². The van der Waals surface area contributed by atoms with Crippen molar-refractivity contribution in [1.29, 1.82) is 0 Å². The Hall–Kier alpha value is -2.01. The second kappa shape index (κ2) is 8.12. The number of ether oxygens (including phenoxy) is 1. The summed E-state index contributed by atoms with van der Waals surface area (Å²) in [7, 11) is 1.18. The maximum atomic E-state index is 12.6. The molecule has 26 heavy (non-hydrogen) atoms. The van der Waals surface area contributed by atoms with Gasteiger partial charge in [-0.15, -0.1) is 0 Å². The molecule has 7 nitrogen and oxygen atoms in total. The van der Waals surface area contributed by atoms with Crippen molar-refractivity contribution in [2.45, 2.75) is 17.6 Å². The molecule has 2 heterocycles. The first kappa shape index (κ1) is 20.3. The quantitative estimate of drug-likeness (QED) is 0.601. The fraction of sp³-hybridized carbons (Fsp3) is 0.429. The number of esters is 1. The van der Waals surface area contributed by atoms with Crippen molar-refractivity contribution in [3.63, 3.8) is 0 Å². The molecule has 0 spiro atoms. The third-order valence-corrected chi connectivity index (χ3v) is 4.79. The van der Waals surface area contributed by atoms with Crippen molar-refractivity contribution in [2.75, 3.05) is 19.4 Å². The van der Waals surface area contributed by atoms with Gasteiger partial charge in [0.05, 0.1) is 35.9 Å². The lowest BCUT2D eigenvalue weighted by Crippen LogP contribution is -2.55. The Labute approximate surface area is 155 Å². The molecule has 0 saturated carbocycles. The molecule has 1 unspecified atom stereocenters. The minimum absolute atomic E-state index is 0.0425. The van der Waals surface area contributed by atoms with Crippen LogP contribution in [0.3, 0.4) is 0 Å². The molecule has 0 aliphatic carbocycles. The van der Waals surface area contributed by atoms with Gasteiger partial charge in [0.25, 0.3) is 5.91 Å². The first-order valence-electron chi connectivity index (χ1n) is 7.15. The summed E-state index contributed by atoms with van der Waals surface area (Å²) < 4.78 is 42.3. The van der Waals surface area contributed by atoms with Crippen molar-refractivity contribution in [2.24, 2.45) is 5.92 Å². The number of pyridine rings is 1. The molecule has 12 heteroatoms. The lowest BCUT2D eigenvalue weighted by molar-refractivity contribution is -0.156. The zero-order valence-electron chi connectivity index (χ0n) is 13.3. The van der Waals surface area contributed by atoms with Gasteiger partial charge in [0.2, 0.25) is 5.91 Å². The minimum atomic E-state index is -4.57. The molecule has 1 fully saturated rings. The van der Waals surface area contributed by atoms with Crippen molar-refractivity contribution in [1.82, 2.24) is 15.4 Å². The first-order valence-corrected chi connectivity index (χ1v) is 8.51. The lowest BCUT2D eigenvalue weighted by atomic mass is 10.0. The van der Waals surface area contributed by atoms with E-state index in [1.165, 1.54) is 7.11 Å². The highest BCUT2D eigenvalue weighted by Gasteiger charge is 2.34. The highest BCUT2D eigenvalue weighted by molar-refractivity contribution is 8.00. The van der Waals surface area contributed by atoms with E-state index < -0.39 is 35.4 Å². The number of nitrogens with zero attached hydrogens (tertiary/aromatic N) is 2. The predicted octanol–water partition coefficient (Wildman–Crippen LogP) is 1.90. The van der Waals surface area contributed by atoms with Gasteiger partial charge in [-0.05, 0) is 6.07 Å². The van der Waals surface area contributed by atoms with E-state index in [0.717, 1.165) is 22.8 Å². The van der Waals surface area contributed by atoms with Crippen LogP contribution in [0.5, 0.6) is 0 Å². The van der Waals surface area contributed by atoms with Crippen LogP contribution in [-0.4, -0.2) is 47.2 Å². The fourth-order valence-electron chi connectivity index (χ4n) is 2.13. The average molecular weight is 412 g/mol. The van der Waals surface area contributed by atoms with Gasteiger partial charge >= 0.3 is 12.1 Å². The largest absolute Gasteiger partial charge is 0.469 e. The standard InChI is InChI=1S/C14H13ClF3N3O4S/c1-25-13(24)7-2-10(22)20-21(5-7)11(23)6-26-12-9(15)3-8(4-19-12)14(16,17)18/h3-4,7H,2,5-6H2,1H3,(H,20,22). The summed E-state index contributed by atoms with van der Waals surface area (Å²) in [5, 5.41) is 0.770. The van der Waals surface area contributed by atoms with Crippen LogP contribution in [-0.2, 0) is 25.3 Å². The van der Waals surface area contributed by atoms with Crippen LogP contribution in [0, 0.1) is 5.92 Å². The van der Waals surface area contributed by atoms with Gasteiger partial charge in [-0.3, -0.25) is 24.8 Å². The molecule has 1 aliphatic heterocycles. The molecule has 1 N–H and O–H groups in total. The minimum Gasteiger partial charge on any atom is -0.469 e. The SMILES string of the molecule is COC(=O)C1CC(=O)NN(C(=O)CSc2ncc(C(F)(F)F)cc2Cl)C1. The Bertz CT molecular complexity index is 732. The van der Waals surface area contributed by atoms with E-state index in [4.69, 9.17) is 11.6 Å². The molecule has 2 rings (SSSR count). The van der Waals surface area contributed by atoms with Crippen molar-refractivity contribution >= 4 is 41.1 Å². The average Bonchev–Trinajstić information content (AvgIpc) is 2.58. The van der Waals surface area contributed by atoms with Crippen molar-refractivity contribution < 1.29 is 32.3 Å². The molecule has 0 aromatic carbocycles. The molecule has 0 bridgehead atoms. The van der Waals surface area contributed by atoms with Crippen LogP contribution in [0.25, 0.3) is 0 Å². The molecule has 1 aromatic heterocycles. The zero-order chi connectivity index (χ0) is 19.5. The number of hydrogen-bond donors (Lipinski definition) is 1. The van der Waals surface area contributed by atoms with Gasteiger partial charge in [-0.2, -0.15) is 13.2 Å². The smallest absolute Gasteiger partial charge is 0.417 e. The number of thioether (sulfide) groups is 1. The summed E-state index contributed by atoms with van der Waals surface area (Å²) in [5.41, 5.74) is 1.33. The van der Waals surface area contributed by atoms with E-state index in [0.29, 0.717) is 6.20 Å². The molecule has 0 radical (unpaired) electrons. The Balaban J connectivity index is 2.00. The summed E-state index contributed by atoms with van der Waals surface area (Å²) >= 11 is 6.59. The third kappa shape index (κ3) is 5.01. The molecule has 142 valence electrons. The summed E-state index contributed by atoms with van der Waals surface area (Å²) in [4.78, 5) is 39.0. The van der Waals surface area contributed by atoms with Crippen LogP contribution in [0.1, 0.15) is 12.0 Å². The van der Waals surface area contributed by atoms with E-state index in [1.54, 1.807) is 0 Å². The number of rotatable bonds is 4. The number of hydrogen-bond acceptors (Lipinski definition) is 6.